The molecule has 3 N–H and O–H groups in total. The maximum Gasteiger partial charge on any atom is 0.262 e. The van der Waals surface area contributed by atoms with E-state index >= 15 is 0 Å². The molecule has 1 saturated heterocycles. The van der Waals surface area contributed by atoms with E-state index in [1.165, 1.54) is 0 Å². The fourth-order valence-corrected chi connectivity index (χ4v) is 3.61. The van der Waals surface area contributed by atoms with Crippen LogP contribution in [-0.2, 0) is 4.74 Å². The van der Waals surface area contributed by atoms with E-state index in [1.807, 2.05) is 0 Å². The SMILES string of the molecule is Nc1c2c(cc(=O)n1-c1ccc(N3CCOCC3)c3nonc13)C(=O)NC2=O. The molecule has 2 amide bonds. The zero-order valence-corrected chi connectivity index (χ0v) is 14.5. The van der Waals surface area contributed by atoms with E-state index in [-0.39, 0.29) is 16.9 Å². The summed E-state index contributed by atoms with van der Waals surface area (Å²) in [4.78, 5) is 38.7. The van der Waals surface area contributed by atoms with E-state index in [2.05, 4.69) is 20.5 Å². The molecule has 28 heavy (non-hydrogen) atoms. The number of hydrogen-bond acceptors (Lipinski definition) is 9. The topological polar surface area (TPSA) is 146 Å². The average molecular weight is 382 g/mol. The number of amides is 2. The molecule has 0 bridgehead atoms. The number of ether oxygens (including phenoxy) is 1. The lowest BCUT2D eigenvalue weighted by molar-refractivity contribution is 0.0880. The molecule has 0 spiro atoms. The molecular weight excluding hydrogens is 368 g/mol. The summed E-state index contributed by atoms with van der Waals surface area (Å²) < 4.78 is 11.4. The number of nitrogens with two attached hydrogens (primary N) is 1. The van der Waals surface area contributed by atoms with Crippen molar-refractivity contribution in [3.63, 3.8) is 0 Å². The minimum absolute atomic E-state index is 0.0357. The van der Waals surface area contributed by atoms with Crippen LogP contribution in [0.4, 0.5) is 11.5 Å². The van der Waals surface area contributed by atoms with Crippen molar-refractivity contribution in [3.05, 3.63) is 39.7 Å². The Labute approximate surface area is 156 Å². The monoisotopic (exact) mass is 382 g/mol. The van der Waals surface area contributed by atoms with Crippen LogP contribution in [0.15, 0.2) is 27.6 Å². The van der Waals surface area contributed by atoms with E-state index in [1.54, 1.807) is 12.1 Å². The highest BCUT2D eigenvalue weighted by Crippen LogP contribution is 2.31. The van der Waals surface area contributed by atoms with Crippen molar-refractivity contribution in [3.8, 4) is 5.69 Å². The van der Waals surface area contributed by atoms with E-state index in [4.69, 9.17) is 15.1 Å². The molecule has 11 heteroatoms. The minimum atomic E-state index is -0.647. The van der Waals surface area contributed by atoms with Gasteiger partial charge < -0.3 is 15.4 Å². The van der Waals surface area contributed by atoms with Crippen molar-refractivity contribution in [2.75, 3.05) is 36.9 Å². The van der Waals surface area contributed by atoms with Crippen molar-refractivity contribution < 1.29 is 19.0 Å². The van der Waals surface area contributed by atoms with Crippen molar-refractivity contribution in [2.45, 2.75) is 0 Å². The van der Waals surface area contributed by atoms with Gasteiger partial charge in [-0.15, -0.1) is 0 Å². The number of carbonyl (C=O) groups is 2. The molecule has 5 rings (SSSR count). The highest BCUT2D eigenvalue weighted by molar-refractivity contribution is 6.23. The number of morpholine rings is 1. The lowest BCUT2D eigenvalue weighted by Crippen LogP contribution is -2.36. The van der Waals surface area contributed by atoms with Crippen molar-refractivity contribution >= 4 is 34.4 Å². The third kappa shape index (κ3) is 2.23. The van der Waals surface area contributed by atoms with Crippen LogP contribution < -0.4 is 21.5 Å². The molecular formula is C17H14N6O5. The first kappa shape index (κ1) is 16.4. The number of aromatic nitrogens is 3. The maximum absolute atomic E-state index is 12.7. The predicted molar refractivity (Wildman–Crippen MR) is 96.6 cm³/mol. The Morgan fingerprint density at radius 1 is 1.00 bits per heavy atom. The normalized spacial score (nSPS) is 16.5. The van der Waals surface area contributed by atoms with Gasteiger partial charge in [-0.2, -0.15) is 0 Å². The lowest BCUT2D eigenvalue weighted by Gasteiger charge is -2.28. The van der Waals surface area contributed by atoms with Crippen LogP contribution in [-0.4, -0.2) is 53.0 Å². The van der Waals surface area contributed by atoms with Gasteiger partial charge in [-0.05, 0) is 22.4 Å². The summed E-state index contributed by atoms with van der Waals surface area (Å²) in [5.41, 5.74) is 7.36. The number of carbonyl (C=O) groups excluding carboxylic acids is 2. The summed E-state index contributed by atoms with van der Waals surface area (Å²) in [6.45, 7) is 2.55. The van der Waals surface area contributed by atoms with Gasteiger partial charge in [0.1, 0.15) is 5.82 Å². The van der Waals surface area contributed by atoms with Crippen LogP contribution in [0.1, 0.15) is 20.7 Å². The summed E-state index contributed by atoms with van der Waals surface area (Å²) in [6.07, 6.45) is 0. The standard InChI is InChI=1S/C17H14N6O5/c18-15-12-8(16(25)19-17(12)26)7-11(24)23(15)10-2-1-9(13-14(10)21-28-20-13)22-3-5-27-6-4-22/h1-2,7H,3-6,18H2,(H,19,25,26). The van der Waals surface area contributed by atoms with Gasteiger partial charge in [-0.1, -0.05) is 0 Å². The van der Waals surface area contributed by atoms with Crippen LogP contribution in [0.2, 0.25) is 0 Å². The lowest BCUT2D eigenvalue weighted by atomic mass is 10.1. The predicted octanol–water partition coefficient (Wildman–Crippen LogP) is -0.324. The summed E-state index contributed by atoms with van der Waals surface area (Å²) in [5, 5.41) is 10.1. The van der Waals surface area contributed by atoms with E-state index in [0.29, 0.717) is 43.0 Å². The molecule has 4 heterocycles. The van der Waals surface area contributed by atoms with Crippen LogP contribution >= 0.6 is 0 Å². The largest absolute Gasteiger partial charge is 0.384 e. The van der Waals surface area contributed by atoms with E-state index in [9.17, 15) is 14.4 Å². The van der Waals surface area contributed by atoms with Gasteiger partial charge in [-0.25, -0.2) is 4.63 Å². The quantitative estimate of drug-likeness (QED) is 0.569. The van der Waals surface area contributed by atoms with Crippen molar-refractivity contribution in [2.24, 2.45) is 0 Å². The number of fused-ring (bicyclic) bond motifs is 2. The van der Waals surface area contributed by atoms with Gasteiger partial charge in [0.25, 0.3) is 17.4 Å². The molecule has 1 aromatic carbocycles. The van der Waals surface area contributed by atoms with Gasteiger partial charge in [0.2, 0.25) is 0 Å². The first-order valence-electron chi connectivity index (χ1n) is 8.56. The van der Waals surface area contributed by atoms with Crippen molar-refractivity contribution in [1.29, 1.82) is 0 Å². The Bertz CT molecular complexity index is 1210. The number of anilines is 2. The molecule has 0 saturated carbocycles. The van der Waals surface area contributed by atoms with Gasteiger partial charge >= 0.3 is 0 Å². The summed E-state index contributed by atoms with van der Waals surface area (Å²) in [6, 6.07) is 4.54. The molecule has 2 aromatic heterocycles. The highest BCUT2D eigenvalue weighted by atomic mass is 16.6. The molecule has 0 radical (unpaired) electrons. The van der Waals surface area contributed by atoms with Crippen molar-refractivity contribution in [1.82, 2.24) is 20.2 Å². The Morgan fingerprint density at radius 2 is 1.68 bits per heavy atom. The second-order valence-electron chi connectivity index (χ2n) is 6.44. The van der Waals surface area contributed by atoms with Gasteiger partial charge in [0.05, 0.1) is 35.7 Å². The highest BCUT2D eigenvalue weighted by Gasteiger charge is 2.32. The van der Waals surface area contributed by atoms with E-state index in [0.717, 1.165) is 16.3 Å². The smallest absolute Gasteiger partial charge is 0.262 e. The second kappa shape index (κ2) is 5.89. The molecule has 0 aliphatic carbocycles. The molecule has 1 fully saturated rings. The van der Waals surface area contributed by atoms with Crippen LogP contribution in [0.5, 0.6) is 0 Å². The first-order chi connectivity index (χ1) is 13.6. The number of pyridine rings is 1. The maximum atomic E-state index is 12.7. The number of rotatable bonds is 2. The molecule has 0 unspecified atom stereocenters. The Balaban J connectivity index is 1.73. The third-order valence-electron chi connectivity index (χ3n) is 4.92. The summed E-state index contributed by atoms with van der Waals surface area (Å²) >= 11 is 0. The molecule has 3 aromatic rings. The molecule has 2 aliphatic rings. The zero-order valence-electron chi connectivity index (χ0n) is 14.5. The number of nitrogen functional groups attached to an aromatic ring is 1. The van der Waals surface area contributed by atoms with Crippen LogP contribution in [0, 0.1) is 0 Å². The van der Waals surface area contributed by atoms with Gasteiger partial charge in [0.15, 0.2) is 11.0 Å². The Hall–Kier alpha value is -3.73. The fourth-order valence-electron chi connectivity index (χ4n) is 3.61. The molecule has 0 atom stereocenters. The fraction of sp³-hybridized carbons (Fsp3) is 0.235. The summed E-state index contributed by atoms with van der Waals surface area (Å²) in [5.74, 6) is -1.44. The molecule has 2 aliphatic heterocycles. The Morgan fingerprint density at radius 3 is 2.43 bits per heavy atom. The number of benzene rings is 1. The third-order valence-corrected chi connectivity index (χ3v) is 4.92. The minimum Gasteiger partial charge on any atom is -0.384 e. The van der Waals surface area contributed by atoms with Crippen LogP contribution in [0.25, 0.3) is 16.7 Å². The Kier molecular flexibility index (Phi) is 3.46. The molecule has 142 valence electrons. The second-order valence-corrected chi connectivity index (χ2v) is 6.44. The average Bonchev–Trinajstić information content (AvgIpc) is 3.28. The zero-order chi connectivity index (χ0) is 19.4. The van der Waals surface area contributed by atoms with Gasteiger partial charge in [0, 0.05) is 19.2 Å². The van der Waals surface area contributed by atoms with E-state index < -0.39 is 17.4 Å². The number of nitrogens with zero attached hydrogens (tertiary/aromatic N) is 4. The first-order valence-corrected chi connectivity index (χ1v) is 8.56. The number of hydrogen-bond donors (Lipinski definition) is 2. The number of nitrogens with one attached hydrogen (secondary N) is 1. The number of imide groups is 1. The van der Waals surface area contributed by atoms with Gasteiger partial charge in [-0.3, -0.25) is 24.3 Å². The van der Waals surface area contributed by atoms with Crippen LogP contribution in [0.3, 0.4) is 0 Å². The summed E-state index contributed by atoms with van der Waals surface area (Å²) in [7, 11) is 0. The molecule has 11 nitrogen and oxygen atoms in total.